The second-order valence-electron chi connectivity index (χ2n) is 5.14. The Morgan fingerprint density at radius 3 is 2.55 bits per heavy atom. The molecule has 1 amide bonds. The summed E-state index contributed by atoms with van der Waals surface area (Å²) in [5, 5.41) is 12.4. The Morgan fingerprint density at radius 2 is 1.95 bits per heavy atom. The zero-order valence-electron chi connectivity index (χ0n) is 11.9. The predicted molar refractivity (Wildman–Crippen MR) is 79.7 cm³/mol. The lowest BCUT2D eigenvalue weighted by atomic mass is 10.1. The van der Waals surface area contributed by atoms with E-state index in [4.69, 9.17) is 0 Å². The number of amides is 1. The normalized spacial score (nSPS) is 15.5. The molecule has 1 aliphatic heterocycles. The van der Waals surface area contributed by atoms with Crippen LogP contribution < -0.4 is 5.32 Å². The summed E-state index contributed by atoms with van der Waals surface area (Å²) in [5.41, 5.74) is 0.958. The van der Waals surface area contributed by atoms with Crippen molar-refractivity contribution >= 4 is 28.2 Å². The molecule has 0 unspecified atom stereocenters. The molecule has 0 bridgehead atoms. The highest BCUT2D eigenvalue weighted by Crippen LogP contribution is 2.32. The average Bonchev–Trinajstić information content (AvgIpc) is 2.96. The third-order valence-corrected chi connectivity index (χ3v) is 4.83. The first-order chi connectivity index (χ1) is 9.49. The van der Waals surface area contributed by atoms with Gasteiger partial charge in [0.2, 0.25) is 5.91 Å². The molecule has 1 aromatic heterocycles. The number of aromatic carboxylic acids is 1. The monoisotopic (exact) mass is 296 g/mol. The molecule has 0 saturated carbocycles. The van der Waals surface area contributed by atoms with Crippen LogP contribution in [0.5, 0.6) is 0 Å². The maximum Gasteiger partial charge on any atom is 0.338 e. The van der Waals surface area contributed by atoms with Crippen molar-refractivity contribution in [2.24, 2.45) is 0 Å². The number of likely N-dealkylation sites (tertiary alicyclic amines) is 1. The van der Waals surface area contributed by atoms with Crippen LogP contribution in [-0.4, -0.2) is 41.5 Å². The van der Waals surface area contributed by atoms with Crippen LogP contribution in [-0.2, 0) is 4.79 Å². The van der Waals surface area contributed by atoms with Crippen LogP contribution in [0, 0.1) is 13.8 Å². The van der Waals surface area contributed by atoms with Crippen LogP contribution in [0.25, 0.3) is 0 Å². The zero-order chi connectivity index (χ0) is 14.7. The van der Waals surface area contributed by atoms with Gasteiger partial charge in [-0.3, -0.25) is 4.79 Å². The summed E-state index contributed by atoms with van der Waals surface area (Å²) in [6.45, 7) is 6.51. The quantitative estimate of drug-likeness (QED) is 0.876. The molecule has 1 saturated heterocycles. The summed E-state index contributed by atoms with van der Waals surface area (Å²) in [6, 6.07) is 0. The lowest BCUT2D eigenvalue weighted by Gasteiger charge is -2.13. The summed E-state index contributed by atoms with van der Waals surface area (Å²) in [5.74, 6) is -1.10. The Kier molecular flexibility index (Phi) is 4.77. The molecule has 2 heterocycles. The highest BCUT2D eigenvalue weighted by Gasteiger charge is 2.20. The molecule has 0 aliphatic carbocycles. The third kappa shape index (κ3) is 3.37. The fourth-order valence-corrected chi connectivity index (χ4v) is 3.50. The van der Waals surface area contributed by atoms with E-state index in [1.54, 1.807) is 6.92 Å². The van der Waals surface area contributed by atoms with Gasteiger partial charge in [-0.2, -0.15) is 0 Å². The number of nitrogens with one attached hydrogen (secondary N) is 1. The maximum atomic E-state index is 11.9. The SMILES string of the molecule is Cc1sc(NC(=O)CCN2CCCC2)c(C(=O)O)c1C. The highest BCUT2D eigenvalue weighted by atomic mass is 32.1. The first-order valence-electron chi connectivity index (χ1n) is 6.84. The van der Waals surface area contributed by atoms with Gasteiger partial charge in [-0.1, -0.05) is 0 Å². The van der Waals surface area contributed by atoms with Crippen molar-refractivity contribution < 1.29 is 14.7 Å². The molecule has 0 aromatic carbocycles. The van der Waals surface area contributed by atoms with E-state index in [9.17, 15) is 14.7 Å². The lowest BCUT2D eigenvalue weighted by Crippen LogP contribution is -2.25. The van der Waals surface area contributed by atoms with E-state index in [1.165, 1.54) is 24.2 Å². The number of anilines is 1. The topological polar surface area (TPSA) is 69.6 Å². The van der Waals surface area contributed by atoms with E-state index in [0.717, 1.165) is 30.1 Å². The summed E-state index contributed by atoms with van der Waals surface area (Å²) in [6.07, 6.45) is 2.82. The van der Waals surface area contributed by atoms with Gasteiger partial charge in [0.15, 0.2) is 0 Å². The van der Waals surface area contributed by atoms with Crippen molar-refractivity contribution in [3.05, 3.63) is 16.0 Å². The van der Waals surface area contributed by atoms with Gasteiger partial charge in [-0.25, -0.2) is 4.79 Å². The van der Waals surface area contributed by atoms with Crippen molar-refractivity contribution in [1.82, 2.24) is 4.90 Å². The van der Waals surface area contributed by atoms with Gasteiger partial charge in [0, 0.05) is 17.8 Å². The molecule has 0 spiro atoms. The van der Waals surface area contributed by atoms with Gasteiger partial charge in [0.25, 0.3) is 0 Å². The second-order valence-corrected chi connectivity index (χ2v) is 6.36. The van der Waals surface area contributed by atoms with Crippen LogP contribution in [0.2, 0.25) is 0 Å². The molecule has 5 nitrogen and oxygen atoms in total. The number of hydrogen-bond acceptors (Lipinski definition) is 4. The average molecular weight is 296 g/mol. The number of carbonyl (C=O) groups excluding carboxylic acids is 1. The van der Waals surface area contributed by atoms with Gasteiger partial charge in [-0.05, 0) is 45.3 Å². The number of thiophene rings is 1. The largest absolute Gasteiger partial charge is 0.478 e. The number of aryl methyl sites for hydroxylation is 1. The second kappa shape index (κ2) is 6.37. The van der Waals surface area contributed by atoms with Gasteiger partial charge in [0.1, 0.15) is 5.00 Å². The maximum absolute atomic E-state index is 11.9. The fourth-order valence-electron chi connectivity index (χ4n) is 2.43. The van der Waals surface area contributed by atoms with Crippen molar-refractivity contribution in [2.45, 2.75) is 33.1 Å². The van der Waals surface area contributed by atoms with Crippen LogP contribution in [0.1, 0.15) is 40.1 Å². The van der Waals surface area contributed by atoms with E-state index in [1.807, 2.05) is 6.92 Å². The third-order valence-electron chi connectivity index (χ3n) is 3.71. The summed E-state index contributed by atoms with van der Waals surface area (Å²) >= 11 is 1.33. The number of carboxylic acids is 1. The van der Waals surface area contributed by atoms with Gasteiger partial charge in [0.05, 0.1) is 5.56 Å². The Hall–Kier alpha value is -1.40. The van der Waals surface area contributed by atoms with E-state index in [2.05, 4.69) is 10.2 Å². The summed E-state index contributed by atoms with van der Waals surface area (Å²) in [4.78, 5) is 26.4. The predicted octanol–water partition coefficient (Wildman–Crippen LogP) is 2.49. The first-order valence-corrected chi connectivity index (χ1v) is 7.66. The smallest absolute Gasteiger partial charge is 0.338 e. The molecule has 2 rings (SSSR count). The molecule has 0 radical (unpaired) electrons. The number of carbonyl (C=O) groups is 2. The molecule has 1 aliphatic rings. The van der Waals surface area contributed by atoms with E-state index in [0.29, 0.717) is 11.4 Å². The minimum absolute atomic E-state index is 0.111. The molecule has 1 aromatic rings. The lowest BCUT2D eigenvalue weighted by molar-refractivity contribution is -0.116. The van der Waals surface area contributed by atoms with Crippen molar-refractivity contribution in [3.8, 4) is 0 Å². The van der Waals surface area contributed by atoms with Gasteiger partial charge in [-0.15, -0.1) is 11.3 Å². The number of hydrogen-bond donors (Lipinski definition) is 2. The number of rotatable bonds is 5. The molecule has 6 heteroatoms. The summed E-state index contributed by atoms with van der Waals surface area (Å²) in [7, 11) is 0. The first kappa shape index (κ1) is 15.0. The van der Waals surface area contributed by atoms with Crippen LogP contribution >= 0.6 is 11.3 Å². The Bertz CT molecular complexity index is 519. The number of nitrogens with zero attached hydrogens (tertiary/aromatic N) is 1. The van der Waals surface area contributed by atoms with Crippen LogP contribution in [0.15, 0.2) is 0 Å². The number of carboxylic acid groups (broad SMARTS) is 1. The van der Waals surface area contributed by atoms with Crippen molar-refractivity contribution in [3.63, 3.8) is 0 Å². The van der Waals surface area contributed by atoms with Gasteiger partial charge >= 0.3 is 5.97 Å². The molecule has 20 heavy (non-hydrogen) atoms. The van der Waals surface area contributed by atoms with Crippen molar-refractivity contribution in [2.75, 3.05) is 25.0 Å². The van der Waals surface area contributed by atoms with E-state index < -0.39 is 5.97 Å². The Labute approximate surface area is 122 Å². The standard InChI is InChI=1S/C14H20N2O3S/c1-9-10(2)20-13(12(9)14(18)19)15-11(17)5-8-16-6-3-4-7-16/h3-8H2,1-2H3,(H,15,17)(H,18,19). The van der Waals surface area contributed by atoms with Gasteiger partial charge < -0.3 is 15.3 Å². The minimum atomic E-state index is -0.985. The van der Waals surface area contributed by atoms with Crippen molar-refractivity contribution in [1.29, 1.82) is 0 Å². The zero-order valence-corrected chi connectivity index (χ0v) is 12.7. The molecule has 0 atom stereocenters. The Morgan fingerprint density at radius 1 is 1.30 bits per heavy atom. The summed E-state index contributed by atoms with van der Waals surface area (Å²) < 4.78 is 0. The molecule has 2 N–H and O–H groups in total. The molecule has 110 valence electrons. The van der Waals surface area contributed by atoms with Crippen LogP contribution in [0.3, 0.4) is 0 Å². The van der Waals surface area contributed by atoms with E-state index in [-0.39, 0.29) is 11.5 Å². The van der Waals surface area contributed by atoms with Crippen LogP contribution in [0.4, 0.5) is 5.00 Å². The molecule has 1 fully saturated rings. The molecular weight excluding hydrogens is 276 g/mol. The van der Waals surface area contributed by atoms with E-state index >= 15 is 0 Å². The fraction of sp³-hybridized carbons (Fsp3) is 0.571. The Balaban J connectivity index is 1.96. The minimum Gasteiger partial charge on any atom is -0.478 e. The highest BCUT2D eigenvalue weighted by molar-refractivity contribution is 7.16. The molecular formula is C14H20N2O3S.